The molecule has 200 valence electrons. The van der Waals surface area contributed by atoms with Gasteiger partial charge in [-0.3, -0.25) is 4.79 Å². The molecule has 1 aliphatic rings. The number of fused-ring (bicyclic) bond motifs is 1. The van der Waals surface area contributed by atoms with Crippen LogP contribution in [-0.2, 0) is 27.8 Å². The van der Waals surface area contributed by atoms with Crippen LogP contribution < -0.4 is 15.2 Å². The molecule has 1 unspecified atom stereocenters. The molecule has 0 radical (unpaired) electrons. The summed E-state index contributed by atoms with van der Waals surface area (Å²) < 4.78 is 28.3. The summed E-state index contributed by atoms with van der Waals surface area (Å²) in [7, 11) is -2.22. The van der Waals surface area contributed by atoms with Gasteiger partial charge in [-0.15, -0.1) is 0 Å². The van der Waals surface area contributed by atoms with E-state index in [1.165, 1.54) is 12.1 Å². The number of rotatable bonds is 7. The van der Waals surface area contributed by atoms with Crippen LogP contribution in [0.4, 0.5) is 0 Å². The Morgan fingerprint density at radius 3 is 2.67 bits per heavy atom. The van der Waals surface area contributed by atoms with Crippen LogP contribution in [-0.4, -0.2) is 41.5 Å². The minimum absolute atomic E-state index is 0.0131. The second-order valence-corrected chi connectivity index (χ2v) is 10.9. The van der Waals surface area contributed by atoms with Gasteiger partial charge in [0.2, 0.25) is 21.8 Å². The summed E-state index contributed by atoms with van der Waals surface area (Å²) >= 11 is 0. The molecule has 2 aromatic heterocycles. The highest BCUT2D eigenvalue weighted by Gasteiger charge is 2.26. The first-order valence-corrected chi connectivity index (χ1v) is 13.7. The zero-order valence-corrected chi connectivity index (χ0v) is 22.1. The SMILES string of the molecule is COc1ncccc1-c1ccc(O)c(-c2nc3c([nH]2)CC(C)C(C(=O)NCc2ccc(S(N)(=O)=O)cc2)=C3)c1. The van der Waals surface area contributed by atoms with Crippen molar-refractivity contribution in [2.45, 2.75) is 24.8 Å². The average molecular weight is 546 g/mol. The number of methoxy groups -OCH3 is 1. The van der Waals surface area contributed by atoms with E-state index in [0.717, 1.165) is 22.4 Å². The average Bonchev–Trinajstić information content (AvgIpc) is 3.33. The number of phenolic OH excluding ortho intramolecular Hbond substituents is 1. The first-order valence-electron chi connectivity index (χ1n) is 12.2. The predicted octanol–water partition coefficient (Wildman–Crippen LogP) is 3.39. The summed E-state index contributed by atoms with van der Waals surface area (Å²) in [6, 6.07) is 14.9. The number of imidazole rings is 1. The van der Waals surface area contributed by atoms with E-state index in [0.29, 0.717) is 35.0 Å². The molecule has 4 aromatic rings. The number of H-pyrrole nitrogens is 1. The molecule has 2 aromatic carbocycles. The number of benzene rings is 2. The Labute approximate surface area is 225 Å². The van der Waals surface area contributed by atoms with E-state index in [2.05, 4.69) is 20.3 Å². The lowest BCUT2D eigenvalue weighted by molar-refractivity contribution is -0.118. The first-order chi connectivity index (χ1) is 18.6. The summed E-state index contributed by atoms with van der Waals surface area (Å²) in [6.07, 6.45) is 3.98. The van der Waals surface area contributed by atoms with Gasteiger partial charge in [0.05, 0.1) is 23.3 Å². The maximum Gasteiger partial charge on any atom is 0.247 e. The van der Waals surface area contributed by atoms with Gasteiger partial charge in [-0.05, 0) is 65.9 Å². The predicted molar refractivity (Wildman–Crippen MR) is 146 cm³/mol. The highest BCUT2D eigenvalue weighted by atomic mass is 32.2. The van der Waals surface area contributed by atoms with E-state index in [1.54, 1.807) is 43.6 Å². The van der Waals surface area contributed by atoms with Crippen LogP contribution in [0, 0.1) is 5.92 Å². The number of pyridine rings is 1. The van der Waals surface area contributed by atoms with Crippen LogP contribution in [0.3, 0.4) is 0 Å². The second kappa shape index (κ2) is 10.4. The zero-order chi connectivity index (χ0) is 27.7. The lowest BCUT2D eigenvalue weighted by Gasteiger charge is -2.19. The fraction of sp³-hybridized carbons (Fsp3) is 0.179. The molecule has 5 N–H and O–H groups in total. The molecule has 1 amide bonds. The van der Waals surface area contributed by atoms with E-state index in [-0.39, 0.29) is 29.0 Å². The first kappa shape index (κ1) is 26.1. The van der Waals surface area contributed by atoms with Gasteiger partial charge in [-0.1, -0.05) is 25.1 Å². The van der Waals surface area contributed by atoms with Crippen molar-refractivity contribution < 1.29 is 23.1 Å². The van der Waals surface area contributed by atoms with E-state index >= 15 is 0 Å². The Hall–Kier alpha value is -4.48. The van der Waals surface area contributed by atoms with E-state index in [9.17, 15) is 18.3 Å². The molecule has 0 saturated heterocycles. The zero-order valence-electron chi connectivity index (χ0n) is 21.3. The largest absolute Gasteiger partial charge is 0.507 e. The van der Waals surface area contributed by atoms with Crippen LogP contribution in [0.2, 0.25) is 0 Å². The van der Waals surface area contributed by atoms with Crippen LogP contribution in [0.15, 0.2) is 71.3 Å². The summed E-state index contributed by atoms with van der Waals surface area (Å²) in [5.74, 6) is 0.718. The Bertz CT molecular complexity index is 1690. The number of aromatic amines is 1. The van der Waals surface area contributed by atoms with Crippen LogP contribution in [0.25, 0.3) is 28.6 Å². The third-order valence-electron chi connectivity index (χ3n) is 6.64. The third kappa shape index (κ3) is 5.40. The van der Waals surface area contributed by atoms with Crippen LogP contribution >= 0.6 is 0 Å². The van der Waals surface area contributed by atoms with Crippen molar-refractivity contribution in [2.24, 2.45) is 11.1 Å². The molecule has 2 heterocycles. The number of hydrogen-bond donors (Lipinski definition) is 4. The van der Waals surface area contributed by atoms with Gasteiger partial charge in [0.1, 0.15) is 11.6 Å². The number of aromatic hydroxyl groups is 1. The third-order valence-corrected chi connectivity index (χ3v) is 7.57. The molecular weight excluding hydrogens is 518 g/mol. The number of nitrogens with two attached hydrogens (primary N) is 1. The maximum atomic E-state index is 13.0. The Morgan fingerprint density at radius 2 is 1.95 bits per heavy atom. The van der Waals surface area contributed by atoms with Gasteiger partial charge >= 0.3 is 0 Å². The number of sulfonamides is 1. The van der Waals surface area contributed by atoms with Gasteiger partial charge in [-0.2, -0.15) is 0 Å². The van der Waals surface area contributed by atoms with Crippen molar-refractivity contribution in [3.63, 3.8) is 0 Å². The Kier molecular flexibility index (Phi) is 6.94. The number of carbonyl (C=O) groups excluding carboxylic acids is 1. The van der Waals surface area contributed by atoms with Crippen molar-refractivity contribution in [3.05, 3.63) is 83.3 Å². The van der Waals surface area contributed by atoms with Crippen molar-refractivity contribution in [2.75, 3.05) is 7.11 Å². The number of amides is 1. The molecular formula is C28H27N5O5S. The van der Waals surface area contributed by atoms with Crippen molar-refractivity contribution in [1.29, 1.82) is 0 Å². The molecule has 11 heteroatoms. The van der Waals surface area contributed by atoms with Crippen molar-refractivity contribution in [1.82, 2.24) is 20.3 Å². The summed E-state index contributed by atoms with van der Waals surface area (Å²) in [5.41, 5.74) is 4.93. The standard InChI is InChI=1S/C28H27N5O5S/c1-16-12-23-24(14-21(16)27(35)31-15-17-5-8-19(9-6-17)39(29,36)37)33-26(32-23)22-13-18(7-10-25(22)34)20-4-3-11-30-28(20)38-2/h3-11,13-14,16,34H,12,15H2,1-2H3,(H,31,35)(H,32,33)(H2,29,36,37). The molecule has 0 spiro atoms. The van der Waals surface area contributed by atoms with Gasteiger partial charge in [0, 0.05) is 29.6 Å². The van der Waals surface area contributed by atoms with Crippen molar-refractivity contribution >= 4 is 22.0 Å². The molecule has 1 aliphatic carbocycles. The summed E-state index contributed by atoms with van der Waals surface area (Å²) in [6.45, 7) is 2.19. The van der Waals surface area contributed by atoms with Crippen LogP contribution in [0.5, 0.6) is 11.6 Å². The lowest BCUT2D eigenvalue weighted by atomic mass is 9.89. The van der Waals surface area contributed by atoms with Gasteiger partial charge in [0.25, 0.3) is 0 Å². The molecule has 1 atom stereocenters. The minimum atomic E-state index is -3.77. The topological polar surface area (TPSA) is 160 Å². The quantitative estimate of drug-likeness (QED) is 0.277. The molecule has 10 nitrogen and oxygen atoms in total. The number of nitrogens with zero attached hydrogens (tertiary/aromatic N) is 2. The number of hydrogen-bond acceptors (Lipinski definition) is 7. The molecule has 0 bridgehead atoms. The van der Waals surface area contributed by atoms with E-state index in [4.69, 9.17) is 9.88 Å². The van der Waals surface area contributed by atoms with Crippen molar-refractivity contribution in [3.8, 4) is 34.1 Å². The molecule has 0 saturated carbocycles. The molecule has 39 heavy (non-hydrogen) atoms. The summed E-state index contributed by atoms with van der Waals surface area (Å²) in [5, 5.41) is 18.7. The monoisotopic (exact) mass is 545 g/mol. The highest BCUT2D eigenvalue weighted by Crippen LogP contribution is 2.37. The number of ether oxygens (including phenoxy) is 1. The number of primary sulfonamides is 1. The highest BCUT2D eigenvalue weighted by molar-refractivity contribution is 7.89. The van der Waals surface area contributed by atoms with Gasteiger partial charge in [-0.25, -0.2) is 23.5 Å². The number of carbonyl (C=O) groups is 1. The van der Waals surface area contributed by atoms with E-state index in [1.807, 2.05) is 25.1 Å². The molecule has 0 aliphatic heterocycles. The fourth-order valence-corrected chi connectivity index (χ4v) is 5.08. The van der Waals surface area contributed by atoms with Crippen LogP contribution in [0.1, 0.15) is 23.9 Å². The number of aromatic nitrogens is 3. The van der Waals surface area contributed by atoms with Gasteiger partial charge < -0.3 is 20.1 Å². The summed E-state index contributed by atoms with van der Waals surface area (Å²) in [4.78, 5) is 25.3. The number of phenols is 1. The molecule has 5 rings (SSSR count). The lowest BCUT2D eigenvalue weighted by Crippen LogP contribution is -2.29. The second-order valence-electron chi connectivity index (χ2n) is 9.32. The smallest absolute Gasteiger partial charge is 0.247 e. The maximum absolute atomic E-state index is 13.0. The number of nitrogens with one attached hydrogen (secondary N) is 2. The molecule has 0 fully saturated rings. The van der Waals surface area contributed by atoms with E-state index < -0.39 is 10.0 Å². The Morgan fingerprint density at radius 1 is 1.18 bits per heavy atom. The Balaban J connectivity index is 1.37. The normalized spacial score (nSPS) is 14.8. The fourth-order valence-electron chi connectivity index (χ4n) is 4.57. The van der Waals surface area contributed by atoms with Gasteiger partial charge in [0.15, 0.2) is 0 Å². The minimum Gasteiger partial charge on any atom is -0.507 e.